The molecular formula is C19H27NO3. The molecule has 0 saturated heterocycles. The molecule has 1 aliphatic carbocycles. The highest BCUT2D eigenvalue weighted by Gasteiger charge is 2.30. The van der Waals surface area contributed by atoms with Gasteiger partial charge < -0.3 is 10.1 Å². The van der Waals surface area contributed by atoms with Gasteiger partial charge in [-0.25, -0.2) is 4.79 Å². The lowest BCUT2D eigenvalue weighted by molar-refractivity contribution is -0.130. The zero-order chi connectivity index (χ0) is 17.0. The van der Waals surface area contributed by atoms with Crippen LogP contribution >= 0.6 is 0 Å². The Kier molecular flexibility index (Phi) is 5.80. The monoisotopic (exact) mass is 317 g/mol. The predicted octanol–water partition coefficient (Wildman–Crippen LogP) is 3.48. The molecule has 0 radical (unpaired) electrons. The number of carbonyl (C=O) groups is 2. The first-order valence-corrected chi connectivity index (χ1v) is 8.46. The molecule has 0 unspecified atom stereocenters. The molecule has 1 amide bonds. The fraction of sp³-hybridized carbons (Fsp3) is 0.579. The molecule has 0 bridgehead atoms. The van der Waals surface area contributed by atoms with E-state index in [0.29, 0.717) is 17.4 Å². The third-order valence-electron chi connectivity index (χ3n) is 4.97. The highest BCUT2D eigenvalue weighted by Crippen LogP contribution is 2.29. The third kappa shape index (κ3) is 4.57. The molecule has 1 aromatic carbocycles. The minimum absolute atomic E-state index is 0.173. The number of esters is 1. The molecule has 0 heterocycles. The van der Waals surface area contributed by atoms with Crippen molar-refractivity contribution >= 4 is 11.9 Å². The van der Waals surface area contributed by atoms with Gasteiger partial charge in [-0.15, -0.1) is 0 Å². The molecular weight excluding hydrogens is 290 g/mol. The number of ether oxygens (including phenoxy) is 1. The highest BCUT2D eigenvalue weighted by atomic mass is 16.5. The molecule has 1 aromatic rings. The summed E-state index contributed by atoms with van der Waals surface area (Å²) in [5.74, 6) is 0.390. The van der Waals surface area contributed by atoms with Crippen molar-refractivity contribution in [3.63, 3.8) is 0 Å². The van der Waals surface area contributed by atoms with Gasteiger partial charge in [0.05, 0.1) is 5.56 Å². The lowest BCUT2D eigenvalue weighted by Gasteiger charge is -2.35. The van der Waals surface area contributed by atoms with E-state index in [1.165, 1.54) is 6.42 Å². The zero-order valence-corrected chi connectivity index (χ0v) is 14.5. The SMILES string of the molecule is Cc1ccc(C(=O)O[C@H](C)C(=O)N[C@H]2CCC[C@H](C)[C@@H]2C)cc1. The molecule has 0 aromatic heterocycles. The van der Waals surface area contributed by atoms with Crippen molar-refractivity contribution < 1.29 is 14.3 Å². The average Bonchev–Trinajstić information content (AvgIpc) is 2.52. The molecule has 0 aliphatic heterocycles. The fourth-order valence-corrected chi connectivity index (χ4v) is 3.06. The van der Waals surface area contributed by atoms with Gasteiger partial charge in [-0.3, -0.25) is 4.79 Å². The topological polar surface area (TPSA) is 55.4 Å². The maximum Gasteiger partial charge on any atom is 0.338 e. The first kappa shape index (κ1) is 17.5. The summed E-state index contributed by atoms with van der Waals surface area (Å²) in [4.78, 5) is 24.4. The molecule has 126 valence electrons. The van der Waals surface area contributed by atoms with Crippen LogP contribution in [0.15, 0.2) is 24.3 Å². The van der Waals surface area contributed by atoms with Gasteiger partial charge in [-0.1, -0.05) is 44.4 Å². The van der Waals surface area contributed by atoms with Crippen LogP contribution in [0.5, 0.6) is 0 Å². The van der Waals surface area contributed by atoms with Crippen molar-refractivity contribution in [1.82, 2.24) is 5.32 Å². The van der Waals surface area contributed by atoms with Crippen molar-refractivity contribution in [2.24, 2.45) is 11.8 Å². The second-order valence-corrected chi connectivity index (χ2v) is 6.80. The number of carbonyl (C=O) groups excluding carboxylic acids is 2. The standard InChI is InChI=1S/C19H27NO3/c1-12-8-10-16(11-9-12)19(22)23-15(4)18(21)20-17-7-5-6-13(2)14(17)3/h8-11,13-15,17H,5-7H2,1-4H3,(H,20,21)/t13-,14-,15+,17-/m0/s1. The Balaban J connectivity index is 1.89. The minimum atomic E-state index is -0.784. The van der Waals surface area contributed by atoms with Crippen LogP contribution in [-0.4, -0.2) is 24.0 Å². The van der Waals surface area contributed by atoms with Crippen LogP contribution in [0.1, 0.15) is 56.0 Å². The summed E-state index contributed by atoms with van der Waals surface area (Å²) in [6.45, 7) is 7.98. The van der Waals surface area contributed by atoms with Crippen molar-refractivity contribution in [3.8, 4) is 0 Å². The van der Waals surface area contributed by atoms with Crippen molar-refractivity contribution in [3.05, 3.63) is 35.4 Å². The van der Waals surface area contributed by atoms with Crippen LogP contribution < -0.4 is 5.32 Å². The Morgan fingerprint density at radius 3 is 2.48 bits per heavy atom. The third-order valence-corrected chi connectivity index (χ3v) is 4.97. The summed E-state index contributed by atoms with van der Waals surface area (Å²) in [6.07, 6.45) is 2.56. The van der Waals surface area contributed by atoms with Crippen LogP contribution in [0.4, 0.5) is 0 Å². The highest BCUT2D eigenvalue weighted by molar-refractivity contribution is 5.92. The molecule has 4 nitrogen and oxygen atoms in total. The van der Waals surface area contributed by atoms with Gasteiger partial charge >= 0.3 is 5.97 Å². The van der Waals surface area contributed by atoms with E-state index in [1.54, 1.807) is 19.1 Å². The van der Waals surface area contributed by atoms with Gasteiger partial charge in [0.2, 0.25) is 0 Å². The maximum absolute atomic E-state index is 12.3. The van der Waals surface area contributed by atoms with Gasteiger partial charge in [0, 0.05) is 6.04 Å². The van der Waals surface area contributed by atoms with Crippen LogP contribution in [0, 0.1) is 18.8 Å². The Labute approximate surface area is 138 Å². The lowest BCUT2D eigenvalue weighted by atomic mass is 9.78. The number of aryl methyl sites for hydroxylation is 1. The molecule has 1 saturated carbocycles. The number of benzene rings is 1. The predicted molar refractivity (Wildman–Crippen MR) is 90.2 cm³/mol. The van der Waals surface area contributed by atoms with Crippen LogP contribution in [-0.2, 0) is 9.53 Å². The molecule has 2 rings (SSSR count). The summed E-state index contributed by atoms with van der Waals surface area (Å²) in [5, 5.41) is 3.05. The van der Waals surface area contributed by atoms with E-state index >= 15 is 0 Å². The first-order chi connectivity index (χ1) is 10.9. The lowest BCUT2D eigenvalue weighted by Crippen LogP contribution is -2.47. The number of amides is 1. The largest absolute Gasteiger partial charge is 0.449 e. The van der Waals surface area contributed by atoms with Gasteiger partial charge in [-0.05, 0) is 44.2 Å². The Morgan fingerprint density at radius 2 is 1.83 bits per heavy atom. The molecule has 1 fully saturated rings. The number of rotatable bonds is 4. The summed E-state index contributed by atoms with van der Waals surface area (Å²) >= 11 is 0. The Hall–Kier alpha value is -1.84. The van der Waals surface area contributed by atoms with E-state index < -0.39 is 12.1 Å². The van der Waals surface area contributed by atoms with E-state index in [-0.39, 0.29) is 11.9 Å². The minimum Gasteiger partial charge on any atom is -0.449 e. The van der Waals surface area contributed by atoms with E-state index in [1.807, 2.05) is 19.1 Å². The Bertz CT molecular complexity index is 552. The van der Waals surface area contributed by atoms with E-state index in [0.717, 1.165) is 18.4 Å². The zero-order valence-electron chi connectivity index (χ0n) is 14.5. The second-order valence-electron chi connectivity index (χ2n) is 6.80. The fourth-order valence-electron chi connectivity index (χ4n) is 3.06. The van der Waals surface area contributed by atoms with Crippen LogP contribution in [0.3, 0.4) is 0 Å². The first-order valence-electron chi connectivity index (χ1n) is 8.46. The van der Waals surface area contributed by atoms with Gasteiger partial charge in [0.1, 0.15) is 0 Å². The van der Waals surface area contributed by atoms with Gasteiger partial charge in [0.25, 0.3) is 5.91 Å². The van der Waals surface area contributed by atoms with Crippen molar-refractivity contribution in [1.29, 1.82) is 0 Å². The smallest absolute Gasteiger partial charge is 0.338 e. The average molecular weight is 317 g/mol. The molecule has 1 aliphatic rings. The van der Waals surface area contributed by atoms with Crippen LogP contribution in [0.25, 0.3) is 0 Å². The normalized spacial score (nSPS) is 25.5. The molecule has 1 N–H and O–H groups in total. The molecule has 23 heavy (non-hydrogen) atoms. The van der Waals surface area contributed by atoms with E-state index in [4.69, 9.17) is 4.74 Å². The van der Waals surface area contributed by atoms with Crippen molar-refractivity contribution in [2.45, 2.75) is 59.1 Å². The van der Waals surface area contributed by atoms with Crippen molar-refractivity contribution in [2.75, 3.05) is 0 Å². The number of hydrogen-bond acceptors (Lipinski definition) is 3. The number of hydrogen-bond donors (Lipinski definition) is 1. The summed E-state index contributed by atoms with van der Waals surface area (Å²) in [6, 6.07) is 7.31. The molecule has 4 atom stereocenters. The van der Waals surface area contributed by atoms with E-state index in [2.05, 4.69) is 19.2 Å². The number of nitrogens with one attached hydrogen (secondary N) is 1. The summed E-state index contributed by atoms with van der Waals surface area (Å²) in [7, 11) is 0. The summed E-state index contributed by atoms with van der Waals surface area (Å²) < 4.78 is 5.29. The maximum atomic E-state index is 12.3. The second kappa shape index (κ2) is 7.62. The van der Waals surface area contributed by atoms with Crippen LogP contribution in [0.2, 0.25) is 0 Å². The van der Waals surface area contributed by atoms with Gasteiger partial charge in [-0.2, -0.15) is 0 Å². The van der Waals surface area contributed by atoms with Gasteiger partial charge in [0.15, 0.2) is 6.10 Å². The van der Waals surface area contributed by atoms with E-state index in [9.17, 15) is 9.59 Å². The molecule has 4 heteroatoms. The Morgan fingerprint density at radius 1 is 1.17 bits per heavy atom. The molecule has 0 spiro atoms. The quantitative estimate of drug-likeness (QED) is 0.865. The summed E-state index contributed by atoms with van der Waals surface area (Å²) in [5.41, 5.74) is 1.54.